The lowest BCUT2D eigenvalue weighted by atomic mass is 9.86. The van der Waals surface area contributed by atoms with E-state index in [1.54, 1.807) is 24.3 Å². The standard InChI is InChI=1S/C25H19ClO7/c1-32-22(31)10-15(14-7-8-17(27)16(26)9-14)23-18(28)11-19(29)24-20(30)12-21(33-25(23)24)13-5-3-2-4-6-13/h2-9,11-12,15,27-29H,10H2,1H3. The van der Waals surface area contributed by atoms with Crippen molar-refractivity contribution in [1.82, 2.24) is 0 Å². The average Bonchev–Trinajstić information content (AvgIpc) is 2.80. The molecule has 1 heterocycles. The zero-order chi connectivity index (χ0) is 23.7. The summed E-state index contributed by atoms with van der Waals surface area (Å²) in [7, 11) is 1.23. The summed E-state index contributed by atoms with van der Waals surface area (Å²) in [5, 5.41) is 31.0. The molecule has 0 saturated heterocycles. The van der Waals surface area contributed by atoms with Gasteiger partial charge in [-0.3, -0.25) is 9.59 Å². The van der Waals surface area contributed by atoms with Crippen molar-refractivity contribution in [1.29, 1.82) is 0 Å². The molecule has 7 nitrogen and oxygen atoms in total. The minimum absolute atomic E-state index is 0.0383. The van der Waals surface area contributed by atoms with E-state index in [4.69, 9.17) is 20.8 Å². The van der Waals surface area contributed by atoms with Crippen LogP contribution in [0, 0.1) is 0 Å². The zero-order valence-corrected chi connectivity index (χ0v) is 18.2. The molecule has 1 aromatic heterocycles. The fraction of sp³-hybridized carbons (Fsp3) is 0.120. The van der Waals surface area contributed by atoms with Gasteiger partial charge in [0.1, 0.15) is 34.0 Å². The summed E-state index contributed by atoms with van der Waals surface area (Å²) in [6.45, 7) is 0. The van der Waals surface area contributed by atoms with Crippen molar-refractivity contribution in [3.8, 4) is 28.6 Å². The molecule has 0 aliphatic carbocycles. The average molecular weight is 467 g/mol. The number of hydrogen-bond donors (Lipinski definition) is 3. The van der Waals surface area contributed by atoms with Gasteiger partial charge in [-0.25, -0.2) is 0 Å². The molecule has 4 aromatic rings. The van der Waals surface area contributed by atoms with Crippen LogP contribution in [0.1, 0.15) is 23.5 Å². The first-order valence-corrected chi connectivity index (χ1v) is 10.3. The van der Waals surface area contributed by atoms with Crippen LogP contribution >= 0.6 is 11.6 Å². The maximum absolute atomic E-state index is 12.9. The SMILES string of the molecule is COC(=O)CC(c1ccc(O)c(Cl)c1)c1c(O)cc(O)c2c(=O)cc(-c3ccccc3)oc12. The van der Waals surface area contributed by atoms with Gasteiger partial charge in [0.05, 0.1) is 18.6 Å². The van der Waals surface area contributed by atoms with Crippen molar-refractivity contribution >= 4 is 28.5 Å². The van der Waals surface area contributed by atoms with E-state index in [9.17, 15) is 24.9 Å². The highest BCUT2D eigenvalue weighted by molar-refractivity contribution is 6.32. The number of methoxy groups -OCH3 is 1. The van der Waals surface area contributed by atoms with Gasteiger partial charge in [-0.1, -0.05) is 48.0 Å². The van der Waals surface area contributed by atoms with Crippen molar-refractivity contribution in [2.75, 3.05) is 7.11 Å². The molecule has 168 valence electrons. The molecule has 33 heavy (non-hydrogen) atoms. The molecule has 0 spiro atoms. The van der Waals surface area contributed by atoms with Gasteiger partial charge in [-0.15, -0.1) is 0 Å². The molecule has 1 unspecified atom stereocenters. The molecule has 0 fully saturated rings. The van der Waals surface area contributed by atoms with Crippen molar-refractivity contribution < 1.29 is 29.3 Å². The number of carbonyl (C=O) groups excluding carboxylic acids is 1. The molecule has 3 N–H and O–H groups in total. The van der Waals surface area contributed by atoms with Crippen LogP contribution in [0.5, 0.6) is 17.2 Å². The van der Waals surface area contributed by atoms with Gasteiger partial charge in [-0.05, 0) is 17.7 Å². The molecular weight excluding hydrogens is 448 g/mol. The summed E-state index contributed by atoms with van der Waals surface area (Å²) in [5.74, 6) is -2.24. The van der Waals surface area contributed by atoms with Gasteiger partial charge in [0, 0.05) is 29.2 Å². The van der Waals surface area contributed by atoms with E-state index in [2.05, 4.69) is 0 Å². The Bertz CT molecular complexity index is 1410. The number of carbonyl (C=O) groups is 1. The Hall–Kier alpha value is -3.97. The fourth-order valence-corrected chi connectivity index (χ4v) is 3.97. The normalized spacial score (nSPS) is 11.9. The van der Waals surface area contributed by atoms with Gasteiger partial charge in [0.15, 0.2) is 5.43 Å². The second-order valence-corrected chi connectivity index (χ2v) is 7.82. The van der Waals surface area contributed by atoms with Crippen molar-refractivity contribution in [3.05, 3.63) is 87.0 Å². The van der Waals surface area contributed by atoms with Gasteiger partial charge < -0.3 is 24.5 Å². The minimum Gasteiger partial charge on any atom is -0.507 e. The lowest BCUT2D eigenvalue weighted by Gasteiger charge is -2.20. The van der Waals surface area contributed by atoms with E-state index in [1.807, 2.05) is 6.07 Å². The number of aromatic hydroxyl groups is 3. The summed E-state index contributed by atoms with van der Waals surface area (Å²) in [6, 6.07) is 15.5. The summed E-state index contributed by atoms with van der Waals surface area (Å²) in [4.78, 5) is 25.2. The second kappa shape index (κ2) is 8.88. The summed E-state index contributed by atoms with van der Waals surface area (Å²) in [6.07, 6.45) is -0.232. The smallest absolute Gasteiger partial charge is 0.306 e. The number of phenolic OH excluding ortho intramolecular Hbond substituents is 3. The topological polar surface area (TPSA) is 117 Å². The molecule has 3 aromatic carbocycles. The molecule has 4 rings (SSSR count). The van der Waals surface area contributed by atoms with Crippen LogP contribution in [-0.2, 0) is 9.53 Å². The Morgan fingerprint density at radius 2 is 1.73 bits per heavy atom. The first kappa shape index (κ1) is 22.2. The second-order valence-electron chi connectivity index (χ2n) is 7.42. The number of ether oxygens (including phenoxy) is 1. The van der Waals surface area contributed by atoms with Crippen LogP contribution in [-0.4, -0.2) is 28.4 Å². The highest BCUT2D eigenvalue weighted by Gasteiger charge is 2.28. The van der Waals surface area contributed by atoms with E-state index in [1.165, 1.54) is 31.4 Å². The third-order valence-corrected chi connectivity index (χ3v) is 5.68. The number of halogens is 1. The third-order valence-electron chi connectivity index (χ3n) is 5.38. The van der Waals surface area contributed by atoms with Crippen LogP contribution in [0.3, 0.4) is 0 Å². The number of rotatable bonds is 5. The highest BCUT2D eigenvalue weighted by atomic mass is 35.5. The Balaban J connectivity index is 2.05. The summed E-state index contributed by atoms with van der Waals surface area (Å²) < 4.78 is 10.9. The van der Waals surface area contributed by atoms with E-state index in [0.29, 0.717) is 11.1 Å². The van der Waals surface area contributed by atoms with Gasteiger partial charge >= 0.3 is 5.97 Å². The quantitative estimate of drug-likeness (QED) is 0.357. The fourth-order valence-electron chi connectivity index (χ4n) is 3.78. The van der Waals surface area contributed by atoms with Gasteiger partial charge in [-0.2, -0.15) is 0 Å². The van der Waals surface area contributed by atoms with Gasteiger partial charge in [0.25, 0.3) is 0 Å². The van der Waals surface area contributed by atoms with Crippen LogP contribution < -0.4 is 5.43 Å². The Labute approximate surface area is 193 Å². The monoisotopic (exact) mass is 466 g/mol. The van der Waals surface area contributed by atoms with E-state index >= 15 is 0 Å². The predicted molar refractivity (Wildman–Crippen MR) is 123 cm³/mol. The molecule has 0 radical (unpaired) electrons. The zero-order valence-electron chi connectivity index (χ0n) is 17.4. The van der Waals surface area contributed by atoms with Crippen molar-refractivity contribution in [2.24, 2.45) is 0 Å². The molecular formula is C25H19ClO7. The lowest BCUT2D eigenvalue weighted by Crippen LogP contribution is -2.12. The molecule has 1 atom stereocenters. The number of hydrogen-bond acceptors (Lipinski definition) is 7. The lowest BCUT2D eigenvalue weighted by molar-refractivity contribution is -0.140. The number of phenols is 3. The van der Waals surface area contributed by atoms with Crippen molar-refractivity contribution in [3.63, 3.8) is 0 Å². The molecule has 0 bridgehead atoms. The molecule has 0 amide bonds. The van der Waals surface area contributed by atoms with Crippen LogP contribution in [0.25, 0.3) is 22.3 Å². The molecule has 0 aliphatic heterocycles. The number of fused-ring (bicyclic) bond motifs is 1. The Morgan fingerprint density at radius 3 is 2.39 bits per heavy atom. The van der Waals surface area contributed by atoms with E-state index in [0.717, 1.165) is 6.07 Å². The highest BCUT2D eigenvalue weighted by Crippen LogP contribution is 2.43. The molecule has 0 saturated carbocycles. The molecule has 0 aliphatic rings. The first-order chi connectivity index (χ1) is 15.8. The van der Waals surface area contributed by atoms with Gasteiger partial charge in [0.2, 0.25) is 0 Å². The Morgan fingerprint density at radius 1 is 1.00 bits per heavy atom. The van der Waals surface area contributed by atoms with E-state index in [-0.39, 0.29) is 45.2 Å². The Kier molecular flexibility index (Phi) is 5.98. The van der Waals surface area contributed by atoms with E-state index < -0.39 is 23.1 Å². The summed E-state index contributed by atoms with van der Waals surface area (Å²) in [5.41, 5.74) is 0.580. The third kappa shape index (κ3) is 4.23. The maximum Gasteiger partial charge on any atom is 0.306 e. The molecule has 8 heteroatoms. The first-order valence-electron chi connectivity index (χ1n) is 9.93. The summed E-state index contributed by atoms with van der Waals surface area (Å²) >= 11 is 6.09. The van der Waals surface area contributed by atoms with Crippen LogP contribution in [0.2, 0.25) is 5.02 Å². The van der Waals surface area contributed by atoms with Crippen LogP contribution in [0.15, 0.2) is 69.9 Å². The van der Waals surface area contributed by atoms with Crippen LogP contribution in [0.4, 0.5) is 0 Å². The number of esters is 1. The maximum atomic E-state index is 12.9. The van der Waals surface area contributed by atoms with Crippen molar-refractivity contribution in [2.45, 2.75) is 12.3 Å². The number of benzene rings is 3. The minimum atomic E-state index is -0.868. The predicted octanol–water partition coefficient (Wildman–Crippen LogP) is 4.93. The largest absolute Gasteiger partial charge is 0.507 e.